The van der Waals surface area contributed by atoms with Gasteiger partial charge in [0.25, 0.3) is 0 Å². The third-order valence-electron chi connectivity index (χ3n) is 3.05. The highest BCUT2D eigenvalue weighted by molar-refractivity contribution is 9.10. The van der Waals surface area contributed by atoms with Gasteiger partial charge >= 0.3 is 0 Å². The SMILES string of the molecule is COc1ccc(NC(=S)N(C)Cc2ccccc2Br)cc1. The van der Waals surface area contributed by atoms with Crippen LogP contribution in [0.3, 0.4) is 0 Å². The van der Waals surface area contributed by atoms with Crippen molar-refractivity contribution in [1.82, 2.24) is 4.90 Å². The van der Waals surface area contributed by atoms with Gasteiger partial charge in [0.15, 0.2) is 5.11 Å². The minimum absolute atomic E-state index is 0.677. The van der Waals surface area contributed by atoms with E-state index in [4.69, 9.17) is 17.0 Å². The molecule has 2 aromatic rings. The molecular weight excluding hydrogens is 348 g/mol. The molecule has 0 aliphatic heterocycles. The Balaban J connectivity index is 1.97. The van der Waals surface area contributed by atoms with Crippen molar-refractivity contribution in [2.24, 2.45) is 0 Å². The highest BCUT2D eigenvalue weighted by atomic mass is 79.9. The maximum atomic E-state index is 5.43. The van der Waals surface area contributed by atoms with Gasteiger partial charge in [0, 0.05) is 23.8 Å². The lowest BCUT2D eigenvalue weighted by Gasteiger charge is -2.21. The standard InChI is InChI=1S/C16H17BrN2OS/c1-19(11-12-5-3-4-6-15(12)17)16(21)18-13-7-9-14(20-2)10-8-13/h3-10H,11H2,1-2H3,(H,18,21). The van der Waals surface area contributed by atoms with Crippen LogP contribution in [0.4, 0.5) is 5.69 Å². The second kappa shape index (κ2) is 7.43. The first kappa shape index (κ1) is 15.8. The van der Waals surface area contributed by atoms with Gasteiger partial charge in [0.05, 0.1) is 7.11 Å². The number of thiocarbonyl (C=S) groups is 1. The van der Waals surface area contributed by atoms with Gasteiger partial charge < -0.3 is 15.0 Å². The summed E-state index contributed by atoms with van der Waals surface area (Å²) in [5.74, 6) is 0.827. The molecule has 21 heavy (non-hydrogen) atoms. The van der Waals surface area contributed by atoms with Gasteiger partial charge in [0.1, 0.15) is 5.75 Å². The molecule has 0 saturated carbocycles. The fourth-order valence-electron chi connectivity index (χ4n) is 1.85. The fourth-order valence-corrected chi connectivity index (χ4v) is 2.44. The van der Waals surface area contributed by atoms with Crippen LogP contribution in [-0.4, -0.2) is 24.2 Å². The molecule has 0 aliphatic carbocycles. The molecule has 0 heterocycles. The monoisotopic (exact) mass is 364 g/mol. The summed E-state index contributed by atoms with van der Waals surface area (Å²) in [5.41, 5.74) is 2.14. The minimum Gasteiger partial charge on any atom is -0.497 e. The van der Waals surface area contributed by atoms with Crippen molar-refractivity contribution in [3.63, 3.8) is 0 Å². The van der Waals surface area contributed by atoms with E-state index in [1.807, 2.05) is 54.4 Å². The average Bonchev–Trinajstić information content (AvgIpc) is 2.50. The molecule has 5 heteroatoms. The maximum absolute atomic E-state index is 5.43. The normalized spacial score (nSPS) is 10.0. The summed E-state index contributed by atoms with van der Waals surface area (Å²) in [6.45, 7) is 0.739. The number of anilines is 1. The molecule has 0 aromatic heterocycles. The van der Waals surface area contributed by atoms with Crippen LogP contribution in [0.1, 0.15) is 5.56 Å². The van der Waals surface area contributed by atoms with Gasteiger partial charge in [0.2, 0.25) is 0 Å². The molecule has 0 spiro atoms. The van der Waals surface area contributed by atoms with Crippen molar-refractivity contribution >= 4 is 38.9 Å². The number of nitrogens with one attached hydrogen (secondary N) is 1. The van der Waals surface area contributed by atoms with Crippen molar-refractivity contribution in [2.45, 2.75) is 6.54 Å². The second-order valence-electron chi connectivity index (χ2n) is 4.61. The van der Waals surface area contributed by atoms with Gasteiger partial charge in [-0.05, 0) is 48.1 Å². The van der Waals surface area contributed by atoms with Crippen LogP contribution in [0.5, 0.6) is 5.75 Å². The van der Waals surface area contributed by atoms with E-state index in [0.29, 0.717) is 5.11 Å². The molecule has 110 valence electrons. The highest BCUT2D eigenvalue weighted by Crippen LogP contribution is 2.19. The largest absolute Gasteiger partial charge is 0.497 e. The maximum Gasteiger partial charge on any atom is 0.173 e. The quantitative estimate of drug-likeness (QED) is 0.818. The van der Waals surface area contributed by atoms with Crippen molar-refractivity contribution in [3.05, 3.63) is 58.6 Å². The van der Waals surface area contributed by atoms with E-state index < -0.39 is 0 Å². The Bertz CT molecular complexity index is 616. The number of rotatable bonds is 4. The first-order valence-corrected chi connectivity index (χ1v) is 7.70. The van der Waals surface area contributed by atoms with Crippen molar-refractivity contribution in [3.8, 4) is 5.75 Å². The Morgan fingerprint density at radius 2 is 1.86 bits per heavy atom. The zero-order valence-corrected chi connectivity index (χ0v) is 14.4. The molecule has 0 saturated heterocycles. The van der Waals surface area contributed by atoms with Crippen LogP contribution in [-0.2, 0) is 6.54 Å². The fraction of sp³-hybridized carbons (Fsp3) is 0.188. The van der Waals surface area contributed by atoms with Crippen molar-refractivity contribution < 1.29 is 4.74 Å². The summed E-state index contributed by atoms with van der Waals surface area (Å²) >= 11 is 8.98. The van der Waals surface area contributed by atoms with E-state index in [0.717, 1.165) is 22.5 Å². The summed E-state index contributed by atoms with van der Waals surface area (Å²) in [6.07, 6.45) is 0. The number of hydrogen-bond donors (Lipinski definition) is 1. The van der Waals surface area contributed by atoms with Gasteiger partial charge in [-0.1, -0.05) is 34.1 Å². The Labute approximate surface area is 139 Å². The van der Waals surface area contributed by atoms with E-state index in [9.17, 15) is 0 Å². The Morgan fingerprint density at radius 1 is 1.19 bits per heavy atom. The lowest BCUT2D eigenvalue weighted by Crippen LogP contribution is -2.30. The zero-order valence-electron chi connectivity index (χ0n) is 12.0. The van der Waals surface area contributed by atoms with E-state index in [1.165, 1.54) is 5.56 Å². The van der Waals surface area contributed by atoms with Crippen LogP contribution in [0.15, 0.2) is 53.0 Å². The number of methoxy groups -OCH3 is 1. The first-order chi connectivity index (χ1) is 10.1. The Morgan fingerprint density at radius 3 is 2.48 bits per heavy atom. The van der Waals surface area contributed by atoms with Gasteiger partial charge in [-0.3, -0.25) is 0 Å². The van der Waals surface area contributed by atoms with E-state index in [1.54, 1.807) is 7.11 Å². The Hall–Kier alpha value is -1.59. The predicted octanol–water partition coefficient (Wildman–Crippen LogP) is 4.29. The summed E-state index contributed by atoms with van der Waals surface area (Å²) in [6, 6.07) is 15.8. The zero-order chi connectivity index (χ0) is 15.2. The van der Waals surface area contributed by atoms with E-state index in [-0.39, 0.29) is 0 Å². The molecule has 2 rings (SSSR count). The third kappa shape index (κ3) is 4.44. The van der Waals surface area contributed by atoms with E-state index >= 15 is 0 Å². The molecule has 2 aromatic carbocycles. The number of halogens is 1. The first-order valence-electron chi connectivity index (χ1n) is 6.49. The molecule has 0 radical (unpaired) electrons. The smallest absolute Gasteiger partial charge is 0.173 e. The molecule has 0 atom stereocenters. The molecule has 3 nitrogen and oxygen atoms in total. The van der Waals surface area contributed by atoms with Gasteiger partial charge in [-0.25, -0.2) is 0 Å². The van der Waals surface area contributed by atoms with Gasteiger partial charge in [-0.15, -0.1) is 0 Å². The van der Waals surface area contributed by atoms with Crippen LogP contribution in [0, 0.1) is 0 Å². The summed E-state index contributed by atoms with van der Waals surface area (Å²) < 4.78 is 6.22. The lowest BCUT2D eigenvalue weighted by molar-refractivity contribution is 0.415. The molecule has 1 N–H and O–H groups in total. The lowest BCUT2D eigenvalue weighted by atomic mass is 10.2. The number of benzene rings is 2. The van der Waals surface area contributed by atoms with Crippen LogP contribution in [0.2, 0.25) is 0 Å². The second-order valence-corrected chi connectivity index (χ2v) is 5.85. The molecule has 0 bridgehead atoms. The predicted molar refractivity (Wildman–Crippen MR) is 94.8 cm³/mol. The van der Waals surface area contributed by atoms with Crippen LogP contribution in [0.25, 0.3) is 0 Å². The Kier molecular flexibility index (Phi) is 5.59. The average molecular weight is 365 g/mol. The van der Waals surface area contributed by atoms with Crippen molar-refractivity contribution in [2.75, 3.05) is 19.5 Å². The molecule has 0 fully saturated rings. The third-order valence-corrected chi connectivity index (χ3v) is 4.24. The molecule has 0 aliphatic rings. The number of hydrogen-bond acceptors (Lipinski definition) is 2. The van der Waals surface area contributed by atoms with Crippen molar-refractivity contribution in [1.29, 1.82) is 0 Å². The number of nitrogens with zero attached hydrogens (tertiary/aromatic N) is 1. The minimum atomic E-state index is 0.677. The van der Waals surface area contributed by atoms with E-state index in [2.05, 4.69) is 27.3 Å². The highest BCUT2D eigenvalue weighted by Gasteiger charge is 2.07. The number of ether oxygens (including phenoxy) is 1. The summed E-state index contributed by atoms with van der Waals surface area (Å²) in [5, 5.41) is 3.90. The van der Waals surface area contributed by atoms with Gasteiger partial charge in [-0.2, -0.15) is 0 Å². The summed E-state index contributed by atoms with van der Waals surface area (Å²) in [4.78, 5) is 2.00. The van der Waals surface area contributed by atoms with Crippen LogP contribution < -0.4 is 10.1 Å². The summed E-state index contributed by atoms with van der Waals surface area (Å²) in [7, 11) is 3.62. The molecule has 0 amide bonds. The molecular formula is C16H17BrN2OS. The molecule has 0 unspecified atom stereocenters. The topological polar surface area (TPSA) is 24.5 Å². The van der Waals surface area contributed by atoms with Crippen LogP contribution >= 0.6 is 28.1 Å².